The van der Waals surface area contributed by atoms with Gasteiger partial charge in [-0.2, -0.15) is 5.10 Å². The maximum absolute atomic E-state index is 11.1. The number of nitrogens with zero attached hydrogens (tertiary/aromatic N) is 3. The van der Waals surface area contributed by atoms with Crippen LogP contribution in [-0.4, -0.2) is 45.9 Å². The number of aryl methyl sites for hydroxylation is 1. The average molecular weight is 223 g/mol. The summed E-state index contributed by atoms with van der Waals surface area (Å²) in [5.41, 5.74) is 1.23. The number of hydrogen-bond acceptors (Lipinski definition) is 3. The van der Waals surface area contributed by atoms with Gasteiger partial charge in [-0.05, 0) is 33.0 Å². The Labute approximate surface area is 94.7 Å². The largest absolute Gasteiger partial charge is 0.478 e. The van der Waals surface area contributed by atoms with Gasteiger partial charge in [0.2, 0.25) is 0 Å². The van der Waals surface area contributed by atoms with Gasteiger partial charge in [-0.15, -0.1) is 0 Å². The van der Waals surface area contributed by atoms with Gasteiger partial charge in [0.05, 0.1) is 11.9 Å². The first-order valence-corrected chi connectivity index (χ1v) is 5.53. The Morgan fingerprint density at radius 1 is 1.44 bits per heavy atom. The lowest BCUT2D eigenvalue weighted by Gasteiger charge is -2.29. The van der Waals surface area contributed by atoms with Gasteiger partial charge in [0.1, 0.15) is 5.56 Å². The lowest BCUT2D eigenvalue weighted by molar-refractivity contribution is 0.0694. The molecule has 0 atom stereocenters. The third-order valence-electron chi connectivity index (χ3n) is 3.32. The third kappa shape index (κ3) is 1.95. The second kappa shape index (κ2) is 4.25. The summed E-state index contributed by atoms with van der Waals surface area (Å²) in [5, 5.41) is 13.2. The van der Waals surface area contributed by atoms with E-state index in [0.717, 1.165) is 31.6 Å². The van der Waals surface area contributed by atoms with Crippen molar-refractivity contribution in [2.75, 3.05) is 20.1 Å². The molecule has 0 aromatic carbocycles. The molecule has 0 spiro atoms. The van der Waals surface area contributed by atoms with Crippen LogP contribution in [0.2, 0.25) is 0 Å². The molecule has 0 unspecified atom stereocenters. The minimum absolute atomic E-state index is 0.329. The van der Waals surface area contributed by atoms with E-state index in [1.54, 1.807) is 4.68 Å². The van der Waals surface area contributed by atoms with Crippen LogP contribution in [0.4, 0.5) is 0 Å². The van der Waals surface area contributed by atoms with Crippen molar-refractivity contribution in [2.45, 2.75) is 18.8 Å². The van der Waals surface area contributed by atoms with Crippen molar-refractivity contribution in [2.24, 2.45) is 7.05 Å². The summed E-state index contributed by atoms with van der Waals surface area (Å²) < 4.78 is 1.71. The van der Waals surface area contributed by atoms with Crippen molar-refractivity contribution in [3.63, 3.8) is 0 Å². The minimum atomic E-state index is -0.873. The van der Waals surface area contributed by atoms with E-state index in [0.29, 0.717) is 11.5 Å². The number of aromatic carboxylic acids is 1. The fourth-order valence-corrected chi connectivity index (χ4v) is 2.38. The van der Waals surface area contributed by atoms with E-state index in [9.17, 15) is 4.79 Å². The number of aromatic nitrogens is 2. The number of carboxylic acids is 1. The number of carbonyl (C=O) groups is 1. The normalized spacial score (nSPS) is 18.9. The monoisotopic (exact) mass is 223 g/mol. The molecule has 1 fully saturated rings. The highest BCUT2D eigenvalue weighted by molar-refractivity contribution is 5.88. The van der Waals surface area contributed by atoms with E-state index in [1.165, 1.54) is 6.20 Å². The third-order valence-corrected chi connectivity index (χ3v) is 3.32. The van der Waals surface area contributed by atoms with E-state index < -0.39 is 5.97 Å². The minimum Gasteiger partial charge on any atom is -0.478 e. The molecule has 0 saturated carbocycles. The van der Waals surface area contributed by atoms with E-state index in [4.69, 9.17) is 5.11 Å². The zero-order valence-corrected chi connectivity index (χ0v) is 9.68. The van der Waals surface area contributed by atoms with Crippen LogP contribution in [0.15, 0.2) is 6.20 Å². The number of piperidine rings is 1. The standard InChI is InChI=1S/C11H17N3O2/c1-13-5-3-8(4-6-13)10-9(11(15)16)7-12-14(10)2/h7-8H,3-6H2,1-2H3,(H,15,16). The molecule has 1 aliphatic heterocycles. The van der Waals surface area contributed by atoms with Gasteiger partial charge in [0.25, 0.3) is 0 Å². The Balaban J connectivity index is 2.25. The fourth-order valence-electron chi connectivity index (χ4n) is 2.38. The molecule has 0 bridgehead atoms. The van der Waals surface area contributed by atoms with Crippen molar-refractivity contribution in [3.05, 3.63) is 17.5 Å². The zero-order valence-electron chi connectivity index (χ0n) is 9.68. The van der Waals surface area contributed by atoms with Crippen LogP contribution >= 0.6 is 0 Å². The average Bonchev–Trinajstić information content (AvgIpc) is 2.62. The van der Waals surface area contributed by atoms with Crippen molar-refractivity contribution in [3.8, 4) is 0 Å². The fraction of sp³-hybridized carbons (Fsp3) is 0.636. The number of hydrogen-bond donors (Lipinski definition) is 1. The molecule has 1 aromatic rings. The predicted octanol–water partition coefficient (Wildman–Crippen LogP) is 0.927. The molecular weight excluding hydrogens is 206 g/mol. The van der Waals surface area contributed by atoms with Gasteiger partial charge in [-0.25, -0.2) is 4.79 Å². The second-order valence-corrected chi connectivity index (χ2v) is 4.45. The Morgan fingerprint density at radius 3 is 2.62 bits per heavy atom. The smallest absolute Gasteiger partial charge is 0.339 e. The first-order valence-electron chi connectivity index (χ1n) is 5.53. The van der Waals surface area contributed by atoms with Gasteiger partial charge in [0.15, 0.2) is 0 Å². The maximum Gasteiger partial charge on any atom is 0.339 e. The second-order valence-electron chi connectivity index (χ2n) is 4.45. The van der Waals surface area contributed by atoms with Crippen LogP contribution in [0.1, 0.15) is 34.8 Å². The molecule has 0 aliphatic carbocycles. The van der Waals surface area contributed by atoms with Crippen LogP contribution < -0.4 is 0 Å². The number of likely N-dealkylation sites (tertiary alicyclic amines) is 1. The quantitative estimate of drug-likeness (QED) is 0.810. The molecule has 1 saturated heterocycles. The summed E-state index contributed by atoms with van der Waals surface area (Å²) in [6.07, 6.45) is 3.47. The highest BCUT2D eigenvalue weighted by Gasteiger charge is 2.26. The van der Waals surface area contributed by atoms with Crippen molar-refractivity contribution in [1.29, 1.82) is 0 Å². The molecule has 16 heavy (non-hydrogen) atoms. The summed E-state index contributed by atoms with van der Waals surface area (Å²) in [6, 6.07) is 0. The van der Waals surface area contributed by atoms with Crippen molar-refractivity contribution in [1.82, 2.24) is 14.7 Å². The molecule has 0 radical (unpaired) electrons. The molecule has 2 rings (SSSR count). The van der Waals surface area contributed by atoms with Crippen LogP contribution in [0.5, 0.6) is 0 Å². The van der Waals surface area contributed by atoms with Crippen LogP contribution in [0.3, 0.4) is 0 Å². The SMILES string of the molecule is CN1CCC(c2c(C(=O)O)cnn2C)CC1. The zero-order chi connectivity index (χ0) is 11.7. The van der Waals surface area contributed by atoms with E-state index in [-0.39, 0.29) is 0 Å². The molecule has 0 amide bonds. The number of rotatable bonds is 2. The first kappa shape index (κ1) is 11.1. The molecule has 1 aromatic heterocycles. The Hall–Kier alpha value is -1.36. The Morgan fingerprint density at radius 2 is 2.06 bits per heavy atom. The van der Waals surface area contributed by atoms with Crippen LogP contribution in [0, 0.1) is 0 Å². The van der Waals surface area contributed by atoms with Gasteiger partial charge >= 0.3 is 5.97 Å². The topological polar surface area (TPSA) is 58.4 Å². The van der Waals surface area contributed by atoms with Crippen molar-refractivity contribution >= 4 is 5.97 Å². The summed E-state index contributed by atoms with van der Waals surface area (Å²) in [7, 11) is 3.91. The lowest BCUT2D eigenvalue weighted by atomic mass is 9.91. The van der Waals surface area contributed by atoms with E-state index >= 15 is 0 Å². The predicted molar refractivity (Wildman–Crippen MR) is 59.6 cm³/mol. The first-order chi connectivity index (χ1) is 7.59. The highest BCUT2D eigenvalue weighted by Crippen LogP contribution is 2.29. The molecule has 1 aliphatic rings. The molecule has 5 nitrogen and oxygen atoms in total. The van der Waals surface area contributed by atoms with Crippen LogP contribution in [0.25, 0.3) is 0 Å². The Kier molecular flexibility index (Phi) is 2.96. The summed E-state index contributed by atoms with van der Waals surface area (Å²) in [6.45, 7) is 2.05. The Bertz CT molecular complexity index is 392. The highest BCUT2D eigenvalue weighted by atomic mass is 16.4. The van der Waals surface area contributed by atoms with Gasteiger partial charge in [-0.3, -0.25) is 4.68 Å². The van der Waals surface area contributed by atoms with E-state index in [2.05, 4.69) is 17.0 Å². The van der Waals surface area contributed by atoms with Gasteiger partial charge < -0.3 is 10.0 Å². The van der Waals surface area contributed by atoms with Gasteiger partial charge in [0, 0.05) is 13.0 Å². The van der Waals surface area contributed by atoms with Crippen molar-refractivity contribution < 1.29 is 9.90 Å². The van der Waals surface area contributed by atoms with Crippen LogP contribution in [-0.2, 0) is 7.05 Å². The van der Waals surface area contributed by atoms with E-state index in [1.807, 2.05) is 7.05 Å². The summed E-state index contributed by atoms with van der Waals surface area (Å²) >= 11 is 0. The maximum atomic E-state index is 11.1. The molecule has 1 N–H and O–H groups in total. The molecule has 5 heteroatoms. The summed E-state index contributed by atoms with van der Waals surface area (Å²) in [5.74, 6) is -0.545. The molecular formula is C11H17N3O2. The molecule has 2 heterocycles. The lowest BCUT2D eigenvalue weighted by Crippen LogP contribution is -2.30. The number of carboxylic acid groups (broad SMARTS) is 1. The summed E-state index contributed by atoms with van der Waals surface area (Å²) in [4.78, 5) is 13.3. The molecule has 88 valence electrons. The van der Waals surface area contributed by atoms with Gasteiger partial charge in [-0.1, -0.05) is 0 Å².